The number of primary sulfonamides is 1. The molecule has 2 aromatic carbocycles. The van der Waals surface area contributed by atoms with E-state index in [9.17, 15) is 13.5 Å². The van der Waals surface area contributed by atoms with E-state index in [1.54, 1.807) is 33.5 Å². The second-order valence-electron chi connectivity index (χ2n) is 8.72. The Bertz CT molecular complexity index is 1330. The SMILES string of the molecule is COc1cc2nc(N3CCCC(O)C3)c(CNCc3ccc(S(N)(=O)=O)cc3)cc2c(OC)c1OC. The Hall–Kier alpha value is -3.12. The lowest BCUT2D eigenvalue weighted by atomic mass is 10.1. The number of aromatic nitrogens is 1. The van der Waals surface area contributed by atoms with Gasteiger partial charge >= 0.3 is 0 Å². The van der Waals surface area contributed by atoms with Gasteiger partial charge in [-0.15, -0.1) is 0 Å². The molecule has 1 atom stereocenters. The van der Waals surface area contributed by atoms with Gasteiger partial charge in [0.2, 0.25) is 15.8 Å². The molecule has 1 aromatic heterocycles. The fraction of sp³-hybridized carbons (Fsp3) is 0.400. The molecule has 0 aliphatic carbocycles. The van der Waals surface area contributed by atoms with Crippen LogP contribution in [0.25, 0.3) is 10.9 Å². The van der Waals surface area contributed by atoms with E-state index < -0.39 is 16.1 Å². The van der Waals surface area contributed by atoms with Crippen molar-refractivity contribution < 1.29 is 27.7 Å². The van der Waals surface area contributed by atoms with Gasteiger partial charge in [-0.05, 0) is 36.6 Å². The van der Waals surface area contributed by atoms with Gasteiger partial charge in [0.05, 0.1) is 37.8 Å². The van der Waals surface area contributed by atoms with Crippen molar-refractivity contribution in [2.45, 2.75) is 36.9 Å². The molecule has 4 rings (SSSR count). The second-order valence-corrected chi connectivity index (χ2v) is 10.3. The zero-order valence-electron chi connectivity index (χ0n) is 20.7. The third kappa shape index (κ3) is 5.49. The van der Waals surface area contributed by atoms with Crippen LogP contribution in [-0.2, 0) is 23.1 Å². The lowest BCUT2D eigenvalue weighted by molar-refractivity contribution is 0.154. The standard InChI is InChI=1S/C25H32N4O6S/c1-33-22-12-21-20(23(34-2)24(22)35-3)11-17(25(28-21)29-10-4-5-18(30)15-29)14-27-13-16-6-8-19(9-7-16)36(26,31)32/h6-9,11-12,18,27,30H,4-5,10,13-15H2,1-3H3,(H2,26,31,32). The number of benzene rings is 2. The van der Waals surface area contributed by atoms with E-state index in [2.05, 4.69) is 10.2 Å². The summed E-state index contributed by atoms with van der Waals surface area (Å²) >= 11 is 0. The molecule has 194 valence electrons. The minimum absolute atomic E-state index is 0.0763. The smallest absolute Gasteiger partial charge is 0.238 e. The lowest BCUT2D eigenvalue weighted by Gasteiger charge is -2.32. The summed E-state index contributed by atoms with van der Waals surface area (Å²) in [4.78, 5) is 7.15. The van der Waals surface area contributed by atoms with Crippen LogP contribution in [-0.4, -0.2) is 59.0 Å². The van der Waals surface area contributed by atoms with Crippen molar-refractivity contribution in [1.82, 2.24) is 10.3 Å². The first-order valence-electron chi connectivity index (χ1n) is 11.6. The number of nitrogens with two attached hydrogens (primary N) is 1. The van der Waals surface area contributed by atoms with E-state index in [0.717, 1.165) is 41.7 Å². The number of rotatable bonds is 9. The van der Waals surface area contributed by atoms with Crippen molar-refractivity contribution in [1.29, 1.82) is 0 Å². The van der Waals surface area contributed by atoms with E-state index in [4.69, 9.17) is 24.3 Å². The lowest BCUT2D eigenvalue weighted by Crippen LogP contribution is -2.39. The van der Waals surface area contributed by atoms with E-state index >= 15 is 0 Å². The molecule has 3 aromatic rings. The van der Waals surface area contributed by atoms with Crippen LogP contribution in [0.5, 0.6) is 17.2 Å². The topological polar surface area (TPSA) is 136 Å². The normalized spacial score (nSPS) is 16.2. The van der Waals surface area contributed by atoms with Crippen LogP contribution in [0.15, 0.2) is 41.3 Å². The fourth-order valence-electron chi connectivity index (χ4n) is 4.51. The summed E-state index contributed by atoms with van der Waals surface area (Å²) < 4.78 is 39.8. The first-order valence-corrected chi connectivity index (χ1v) is 13.2. The zero-order valence-corrected chi connectivity index (χ0v) is 21.5. The number of β-amino-alcohol motifs (C(OH)–C–C–N with tert-alkyl or cyclic N) is 1. The second kappa shape index (κ2) is 10.9. The molecule has 1 fully saturated rings. The Labute approximate surface area is 211 Å². The van der Waals surface area contributed by atoms with Crippen LogP contribution < -0.4 is 29.6 Å². The predicted octanol–water partition coefficient (Wildman–Crippen LogP) is 2.16. The van der Waals surface area contributed by atoms with Crippen molar-refractivity contribution in [3.8, 4) is 17.2 Å². The highest BCUT2D eigenvalue weighted by atomic mass is 32.2. The monoisotopic (exact) mass is 516 g/mol. The van der Waals surface area contributed by atoms with Crippen LogP contribution >= 0.6 is 0 Å². The van der Waals surface area contributed by atoms with Crippen LogP contribution in [0.2, 0.25) is 0 Å². The van der Waals surface area contributed by atoms with Crippen molar-refractivity contribution in [3.05, 3.63) is 47.5 Å². The van der Waals surface area contributed by atoms with Gasteiger partial charge in [0.15, 0.2) is 11.5 Å². The van der Waals surface area contributed by atoms with Gasteiger partial charge in [0, 0.05) is 43.2 Å². The van der Waals surface area contributed by atoms with Crippen molar-refractivity contribution >= 4 is 26.7 Å². The van der Waals surface area contributed by atoms with Gasteiger partial charge in [-0.1, -0.05) is 12.1 Å². The molecule has 1 unspecified atom stereocenters. The Balaban J connectivity index is 1.68. The number of nitrogens with zero attached hydrogens (tertiary/aromatic N) is 2. The molecule has 1 aliphatic rings. The average Bonchev–Trinajstić information content (AvgIpc) is 2.86. The van der Waals surface area contributed by atoms with Gasteiger partial charge in [0.1, 0.15) is 5.82 Å². The number of aliphatic hydroxyl groups is 1. The first-order chi connectivity index (χ1) is 17.2. The molecule has 0 saturated carbocycles. The van der Waals surface area contributed by atoms with Crippen molar-refractivity contribution in [2.75, 3.05) is 39.3 Å². The molecule has 1 saturated heterocycles. The van der Waals surface area contributed by atoms with Crippen LogP contribution in [0.4, 0.5) is 5.82 Å². The largest absolute Gasteiger partial charge is 0.493 e. The quantitative estimate of drug-likeness (QED) is 0.391. The van der Waals surface area contributed by atoms with E-state index in [-0.39, 0.29) is 4.90 Å². The maximum absolute atomic E-state index is 11.5. The maximum atomic E-state index is 11.5. The molecule has 0 radical (unpaired) electrons. The number of sulfonamides is 1. The molecule has 36 heavy (non-hydrogen) atoms. The summed E-state index contributed by atoms with van der Waals surface area (Å²) in [5, 5.41) is 19.7. The summed E-state index contributed by atoms with van der Waals surface area (Å²) in [6.07, 6.45) is 1.24. The number of methoxy groups -OCH3 is 3. The minimum atomic E-state index is -3.73. The van der Waals surface area contributed by atoms with E-state index in [0.29, 0.717) is 42.4 Å². The molecule has 2 heterocycles. The summed E-state index contributed by atoms with van der Waals surface area (Å²) in [6, 6.07) is 10.3. The first kappa shape index (κ1) is 26.0. The molecule has 0 amide bonds. The maximum Gasteiger partial charge on any atom is 0.238 e. The van der Waals surface area contributed by atoms with Crippen molar-refractivity contribution in [2.24, 2.45) is 5.14 Å². The number of piperidine rings is 1. The highest BCUT2D eigenvalue weighted by molar-refractivity contribution is 7.89. The number of nitrogens with one attached hydrogen (secondary N) is 1. The Kier molecular flexibility index (Phi) is 7.84. The third-order valence-corrected chi connectivity index (χ3v) is 7.20. The summed E-state index contributed by atoms with van der Waals surface area (Å²) in [5.74, 6) is 2.33. The van der Waals surface area contributed by atoms with Crippen LogP contribution in [0, 0.1) is 0 Å². The predicted molar refractivity (Wildman–Crippen MR) is 137 cm³/mol. The molecule has 1 aliphatic heterocycles. The Morgan fingerprint density at radius 3 is 2.42 bits per heavy atom. The number of fused-ring (bicyclic) bond motifs is 1. The van der Waals surface area contributed by atoms with Gasteiger partial charge in [0.25, 0.3) is 0 Å². The minimum Gasteiger partial charge on any atom is -0.493 e. The number of hydrogen-bond donors (Lipinski definition) is 3. The zero-order chi connectivity index (χ0) is 25.9. The number of anilines is 1. The Morgan fingerprint density at radius 1 is 1.08 bits per heavy atom. The van der Waals surface area contributed by atoms with Crippen LogP contribution in [0.3, 0.4) is 0 Å². The number of aliphatic hydroxyl groups excluding tert-OH is 1. The van der Waals surface area contributed by atoms with E-state index in [1.165, 1.54) is 12.1 Å². The van der Waals surface area contributed by atoms with Gasteiger partial charge < -0.3 is 29.5 Å². The molecule has 0 spiro atoms. The molecule has 10 nitrogen and oxygen atoms in total. The average molecular weight is 517 g/mol. The summed E-state index contributed by atoms with van der Waals surface area (Å²) in [5.41, 5.74) is 2.54. The highest BCUT2D eigenvalue weighted by Crippen LogP contribution is 2.44. The molecule has 0 bridgehead atoms. The van der Waals surface area contributed by atoms with Gasteiger partial charge in [-0.3, -0.25) is 0 Å². The van der Waals surface area contributed by atoms with Gasteiger partial charge in [-0.25, -0.2) is 18.5 Å². The summed E-state index contributed by atoms with van der Waals surface area (Å²) in [6.45, 7) is 2.29. The number of ether oxygens (including phenoxy) is 3. The van der Waals surface area contributed by atoms with Gasteiger partial charge in [-0.2, -0.15) is 0 Å². The fourth-order valence-corrected chi connectivity index (χ4v) is 5.03. The molecule has 4 N–H and O–H groups in total. The number of hydrogen-bond acceptors (Lipinski definition) is 9. The van der Waals surface area contributed by atoms with E-state index in [1.807, 2.05) is 12.1 Å². The van der Waals surface area contributed by atoms with Crippen molar-refractivity contribution in [3.63, 3.8) is 0 Å². The molecule has 11 heteroatoms. The molecular weight excluding hydrogens is 484 g/mol. The highest BCUT2D eigenvalue weighted by Gasteiger charge is 2.24. The molecular formula is C25H32N4O6S. The summed E-state index contributed by atoms with van der Waals surface area (Å²) in [7, 11) is 0.979. The Morgan fingerprint density at radius 2 is 1.81 bits per heavy atom. The third-order valence-electron chi connectivity index (χ3n) is 6.27. The number of pyridine rings is 1. The van der Waals surface area contributed by atoms with Crippen LogP contribution in [0.1, 0.15) is 24.0 Å².